The highest BCUT2D eigenvalue weighted by Gasteiger charge is 2.52. The highest BCUT2D eigenvalue weighted by molar-refractivity contribution is 9.09. The first-order valence-corrected chi connectivity index (χ1v) is 7.92. The fourth-order valence-corrected chi connectivity index (χ4v) is 4.27. The predicted molar refractivity (Wildman–Crippen MR) is 80.4 cm³/mol. The second kappa shape index (κ2) is 5.94. The maximum Gasteiger partial charge on any atom is 0.0720 e. The molecule has 1 aliphatic carbocycles. The lowest BCUT2D eigenvalue weighted by Gasteiger charge is -2.53. The third-order valence-corrected chi connectivity index (χ3v) is 5.90. The van der Waals surface area contributed by atoms with Crippen molar-refractivity contribution in [2.45, 2.75) is 50.6 Å². The van der Waals surface area contributed by atoms with Crippen LogP contribution in [0.2, 0.25) is 5.02 Å². The minimum Gasteiger partial charge on any atom is -0.373 e. The van der Waals surface area contributed by atoms with Gasteiger partial charge in [-0.05, 0) is 37.0 Å². The Kier molecular flexibility index (Phi) is 4.74. The monoisotopic (exact) mass is 330 g/mol. The zero-order valence-corrected chi connectivity index (χ0v) is 13.3. The summed E-state index contributed by atoms with van der Waals surface area (Å²) in [7, 11) is 0. The van der Waals surface area contributed by atoms with E-state index in [4.69, 9.17) is 16.3 Å². The van der Waals surface area contributed by atoms with Gasteiger partial charge in [0.05, 0.1) is 12.7 Å². The number of halogens is 2. The van der Waals surface area contributed by atoms with Crippen molar-refractivity contribution in [3.8, 4) is 0 Å². The van der Waals surface area contributed by atoms with Gasteiger partial charge in [0, 0.05) is 15.3 Å². The molecule has 1 aromatic rings. The van der Waals surface area contributed by atoms with E-state index in [1.807, 2.05) is 24.3 Å². The average molecular weight is 332 g/mol. The minimum atomic E-state index is 0.326. The van der Waals surface area contributed by atoms with Crippen LogP contribution in [0.25, 0.3) is 0 Å². The first kappa shape index (κ1) is 14.4. The van der Waals surface area contributed by atoms with Gasteiger partial charge in [0.2, 0.25) is 0 Å². The highest BCUT2D eigenvalue weighted by atomic mass is 79.9. The van der Waals surface area contributed by atoms with E-state index in [1.165, 1.54) is 18.4 Å². The Balaban J connectivity index is 1.93. The van der Waals surface area contributed by atoms with Crippen molar-refractivity contribution < 1.29 is 4.74 Å². The molecular weight excluding hydrogens is 312 g/mol. The van der Waals surface area contributed by atoms with E-state index < -0.39 is 0 Å². The van der Waals surface area contributed by atoms with Crippen LogP contribution in [0.15, 0.2) is 24.3 Å². The van der Waals surface area contributed by atoms with Gasteiger partial charge < -0.3 is 4.74 Å². The molecule has 3 heteroatoms. The van der Waals surface area contributed by atoms with Gasteiger partial charge in [0.25, 0.3) is 0 Å². The van der Waals surface area contributed by atoms with Crippen molar-refractivity contribution in [2.24, 2.45) is 5.41 Å². The second-order valence-corrected chi connectivity index (χ2v) is 6.61. The van der Waals surface area contributed by atoms with Crippen molar-refractivity contribution in [1.82, 2.24) is 0 Å². The van der Waals surface area contributed by atoms with Gasteiger partial charge in [0.1, 0.15) is 0 Å². The van der Waals surface area contributed by atoms with E-state index in [0.717, 1.165) is 11.4 Å². The molecule has 0 N–H and O–H groups in total. The Labute approximate surface area is 123 Å². The molecule has 1 nitrogen and oxygen atoms in total. The summed E-state index contributed by atoms with van der Waals surface area (Å²) < 4.78 is 6.10. The van der Waals surface area contributed by atoms with Crippen molar-refractivity contribution in [2.75, 3.05) is 0 Å². The molecule has 1 saturated carbocycles. The summed E-state index contributed by atoms with van der Waals surface area (Å²) in [5, 5.41) is 0.777. The summed E-state index contributed by atoms with van der Waals surface area (Å²) in [6.07, 6.45) is 3.84. The number of rotatable bonds is 5. The zero-order valence-electron chi connectivity index (χ0n) is 11.0. The molecule has 1 aliphatic rings. The predicted octanol–water partition coefficient (Wildman–Crippen LogP) is 5.20. The van der Waals surface area contributed by atoms with Crippen LogP contribution in [0.3, 0.4) is 0 Å². The SMILES string of the molecule is CCC1(CC)C(Br)CC1OCc1ccc(Cl)cc1. The molecule has 18 heavy (non-hydrogen) atoms. The molecular formula is C15H20BrClO. The van der Waals surface area contributed by atoms with Crippen LogP contribution in [-0.4, -0.2) is 10.9 Å². The zero-order chi connectivity index (χ0) is 13.2. The summed E-state index contributed by atoms with van der Waals surface area (Å²) in [6, 6.07) is 7.90. The summed E-state index contributed by atoms with van der Waals surface area (Å²) in [6.45, 7) is 5.20. The molecule has 0 saturated heterocycles. The van der Waals surface area contributed by atoms with Gasteiger partial charge >= 0.3 is 0 Å². The number of alkyl halides is 1. The van der Waals surface area contributed by atoms with Crippen LogP contribution in [0, 0.1) is 5.41 Å². The third-order valence-electron chi connectivity index (χ3n) is 4.37. The van der Waals surface area contributed by atoms with Crippen molar-refractivity contribution in [1.29, 1.82) is 0 Å². The van der Waals surface area contributed by atoms with Gasteiger partial charge in [-0.2, -0.15) is 0 Å². The van der Waals surface area contributed by atoms with E-state index in [0.29, 0.717) is 23.0 Å². The molecule has 1 aromatic carbocycles. The lowest BCUT2D eigenvalue weighted by molar-refractivity contribution is -0.115. The molecule has 0 amide bonds. The van der Waals surface area contributed by atoms with Crippen LogP contribution in [-0.2, 0) is 11.3 Å². The fourth-order valence-electron chi connectivity index (χ4n) is 2.86. The molecule has 2 unspecified atom stereocenters. The quantitative estimate of drug-likeness (QED) is 0.674. The van der Waals surface area contributed by atoms with Crippen LogP contribution < -0.4 is 0 Å². The molecule has 1 fully saturated rings. The van der Waals surface area contributed by atoms with Crippen LogP contribution in [0.5, 0.6) is 0 Å². The van der Waals surface area contributed by atoms with Crippen LogP contribution >= 0.6 is 27.5 Å². The first-order valence-electron chi connectivity index (χ1n) is 6.62. The second-order valence-electron chi connectivity index (χ2n) is 5.07. The summed E-state index contributed by atoms with van der Waals surface area (Å²) in [5.41, 5.74) is 1.52. The molecule has 0 radical (unpaired) electrons. The van der Waals surface area contributed by atoms with E-state index in [-0.39, 0.29) is 0 Å². The molecule has 0 aromatic heterocycles. The van der Waals surface area contributed by atoms with E-state index in [1.54, 1.807) is 0 Å². The van der Waals surface area contributed by atoms with Gasteiger partial charge in [0.15, 0.2) is 0 Å². The van der Waals surface area contributed by atoms with Crippen molar-refractivity contribution in [3.63, 3.8) is 0 Å². The van der Waals surface area contributed by atoms with Crippen LogP contribution in [0.1, 0.15) is 38.7 Å². The number of ether oxygens (including phenoxy) is 1. The molecule has 0 bridgehead atoms. The third kappa shape index (κ3) is 2.61. The fraction of sp³-hybridized carbons (Fsp3) is 0.600. The van der Waals surface area contributed by atoms with Gasteiger partial charge in [-0.3, -0.25) is 0 Å². The molecule has 0 heterocycles. The average Bonchev–Trinajstić information content (AvgIpc) is 2.38. The molecule has 0 spiro atoms. The molecule has 100 valence electrons. The smallest absolute Gasteiger partial charge is 0.0720 e. The Morgan fingerprint density at radius 1 is 1.28 bits per heavy atom. The first-order chi connectivity index (χ1) is 8.62. The standard InChI is InChI=1S/C15H20BrClO/c1-3-15(4-2)13(16)9-14(15)18-10-11-5-7-12(17)8-6-11/h5-8,13-14H,3-4,9-10H2,1-2H3. The van der Waals surface area contributed by atoms with Gasteiger partial charge in [-0.15, -0.1) is 0 Å². The summed E-state index contributed by atoms with van der Waals surface area (Å²) >= 11 is 9.66. The Morgan fingerprint density at radius 3 is 2.39 bits per heavy atom. The Morgan fingerprint density at radius 2 is 1.89 bits per heavy atom. The van der Waals surface area contributed by atoms with Crippen molar-refractivity contribution in [3.05, 3.63) is 34.9 Å². The Hall–Kier alpha value is -0.0500. The summed E-state index contributed by atoms with van der Waals surface area (Å²) in [4.78, 5) is 0.607. The number of hydrogen-bond acceptors (Lipinski definition) is 1. The van der Waals surface area contributed by atoms with Crippen LogP contribution in [0.4, 0.5) is 0 Å². The molecule has 2 atom stereocenters. The van der Waals surface area contributed by atoms with E-state index in [9.17, 15) is 0 Å². The summed E-state index contributed by atoms with van der Waals surface area (Å²) in [5.74, 6) is 0. The minimum absolute atomic E-state index is 0.326. The van der Waals surface area contributed by atoms with Gasteiger partial charge in [-0.25, -0.2) is 0 Å². The lowest BCUT2D eigenvalue weighted by Crippen LogP contribution is -2.54. The number of benzene rings is 1. The largest absolute Gasteiger partial charge is 0.373 e. The molecule has 2 rings (SSSR count). The van der Waals surface area contributed by atoms with Gasteiger partial charge in [-0.1, -0.05) is 53.5 Å². The van der Waals surface area contributed by atoms with E-state index >= 15 is 0 Å². The normalized spacial score (nSPS) is 25.8. The lowest BCUT2D eigenvalue weighted by atomic mass is 9.62. The highest BCUT2D eigenvalue weighted by Crippen LogP contribution is 2.52. The topological polar surface area (TPSA) is 9.23 Å². The Bertz CT molecular complexity index is 386. The maximum atomic E-state index is 6.10. The number of hydrogen-bond donors (Lipinski definition) is 0. The van der Waals surface area contributed by atoms with Crippen molar-refractivity contribution >= 4 is 27.5 Å². The van der Waals surface area contributed by atoms with E-state index in [2.05, 4.69) is 29.8 Å². The molecule has 0 aliphatic heterocycles. The maximum absolute atomic E-state index is 6.10.